The molecule has 0 radical (unpaired) electrons. The van der Waals surface area contributed by atoms with Crippen LogP contribution in [0.1, 0.15) is 37.7 Å². The van der Waals surface area contributed by atoms with Crippen LogP contribution in [0.5, 0.6) is 5.75 Å². The summed E-state index contributed by atoms with van der Waals surface area (Å²) in [6.45, 7) is 1.20. The highest BCUT2D eigenvalue weighted by atomic mass is 32.2. The summed E-state index contributed by atoms with van der Waals surface area (Å²) in [6.07, 6.45) is 5.66. The second-order valence-corrected chi connectivity index (χ2v) is 6.88. The number of nitrogens with two attached hydrogens (primary N) is 1. The van der Waals surface area contributed by atoms with Gasteiger partial charge >= 0.3 is 0 Å². The Hall–Kier alpha value is -0.870. The molecular weight excluding hydrogens is 258 g/mol. The zero-order valence-electron chi connectivity index (χ0n) is 11.3. The SMILES string of the molecule is NCc1ccc(OCCCS(=O)C2CCCC2)cc1. The Morgan fingerprint density at radius 1 is 1.21 bits per heavy atom. The second-order valence-electron chi connectivity index (χ2n) is 5.04. The first-order valence-electron chi connectivity index (χ1n) is 7.08. The van der Waals surface area contributed by atoms with Gasteiger partial charge in [0.15, 0.2) is 0 Å². The van der Waals surface area contributed by atoms with Crippen LogP contribution in [0.15, 0.2) is 24.3 Å². The van der Waals surface area contributed by atoms with Crippen molar-refractivity contribution >= 4 is 10.8 Å². The monoisotopic (exact) mass is 281 g/mol. The van der Waals surface area contributed by atoms with E-state index in [1.165, 1.54) is 12.8 Å². The van der Waals surface area contributed by atoms with Crippen molar-refractivity contribution in [3.8, 4) is 5.75 Å². The fourth-order valence-corrected chi connectivity index (χ4v) is 4.03. The highest BCUT2D eigenvalue weighted by Gasteiger charge is 2.20. The largest absolute Gasteiger partial charge is 0.494 e. The third kappa shape index (κ3) is 4.62. The molecule has 0 amide bonds. The molecular formula is C15H23NO2S. The summed E-state index contributed by atoms with van der Waals surface area (Å²) in [5.74, 6) is 1.63. The van der Waals surface area contributed by atoms with Gasteiger partial charge in [0, 0.05) is 28.3 Å². The average molecular weight is 281 g/mol. The maximum Gasteiger partial charge on any atom is 0.119 e. The lowest BCUT2D eigenvalue weighted by Gasteiger charge is -2.10. The van der Waals surface area contributed by atoms with Gasteiger partial charge < -0.3 is 10.5 Å². The van der Waals surface area contributed by atoms with Gasteiger partial charge in [-0.15, -0.1) is 0 Å². The highest BCUT2D eigenvalue weighted by molar-refractivity contribution is 7.85. The molecule has 1 unspecified atom stereocenters. The lowest BCUT2D eigenvalue weighted by molar-refractivity contribution is 0.318. The van der Waals surface area contributed by atoms with Gasteiger partial charge in [-0.05, 0) is 37.0 Å². The fourth-order valence-electron chi connectivity index (χ4n) is 2.43. The smallest absolute Gasteiger partial charge is 0.119 e. The summed E-state index contributed by atoms with van der Waals surface area (Å²) in [5.41, 5.74) is 6.65. The Labute approximate surface area is 118 Å². The van der Waals surface area contributed by atoms with Crippen LogP contribution in [0.3, 0.4) is 0 Å². The molecule has 1 aliphatic rings. The molecule has 0 bridgehead atoms. The fraction of sp³-hybridized carbons (Fsp3) is 0.600. The van der Waals surface area contributed by atoms with Crippen LogP contribution in [-0.4, -0.2) is 21.8 Å². The lowest BCUT2D eigenvalue weighted by atomic mass is 10.2. The minimum Gasteiger partial charge on any atom is -0.494 e. The molecule has 2 N–H and O–H groups in total. The van der Waals surface area contributed by atoms with Gasteiger partial charge in [0.05, 0.1) is 6.61 Å². The van der Waals surface area contributed by atoms with Crippen molar-refractivity contribution in [2.24, 2.45) is 5.73 Å². The minimum absolute atomic E-state index is 0.448. The Morgan fingerprint density at radius 2 is 1.89 bits per heavy atom. The van der Waals surface area contributed by atoms with Crippen molar-refractivity contribution in [1.29, 1.82) is 0 Å². The van der Waals surface area contributed by atoms with Crippen LogP contribution in [0.4, 0.5) is 0 Å². The predicted octanol–water partition coefficient (Wildman–Crippen LogP) is 2.61. The van der Waals surface area contributed by atoms with E-state index < -0.39 is 10.8 Å². The number of benzene rings is 1. The molecule has 106 valence electrons. The van der Waals surface area contributed by atoms with E-state index in [0.717, 1.165) is 36.3 Å². The highest BCUT2D eigenvalue weighted by Crippen LogP contribution is 2.23. The Balaban J connectivity index is 1.64. The van der Waals surface area contributed by atoms with Crippen molar-refractivity contribution in [1.82, 2.24) is 0 Å². The van der Waals surface area contributed by atoms with E-state index in [1.54, 1.807) is 0 Å². The molecule has 1 saturated carbocycles. The summed E-state index contributed by atoms with van der Waals surface area (Å²) >= 11 is 0. The van der Waals surface area contributed by atoms with Gasteiger partial charge in [-0.25, -0.2) is 0 Å². The molecule has 0 saturated heterocycles. The van der Waals surface area contributed by atoms with E-state index in [0.29, 0.717) is 18.4 Å². The Kier molecular flexibility index (Phi) is 5.86. The van der Waals surface area contributed by atoms with E-state index in [4.69, 9.17) is 10.5 Å². The van der Waals surface area contributed by atoms with Crippen LogP contribution < -0.4 is 10.5 Å². The second kappa shape index (κ2) is 7.65. The molecule has 2 rings (SSSR count). The molecule has 1 atom stereocenters. The molecule has 0 spiro atoms. The van der Waals surface area contributed by atoms with Crippen molar-refractivity contribution in [3.05, 3.63) is 29.8 Å². The minimum atomic E-state index is -0.655. The van der Waals surface area contributed by atoms with Gasteiger partial charge in [-0.3, -0.25) is 4.21 Å². The average Bonchev–Trinajstić information content (AvgIpc) is 2.98. The van der Waals surface area contributed by atoms with E-state index in [9.17, 15) is 4.21 Å². The summed E-state index contributed by atoms with van der Waals surface area (Å²) in [6, 6.07) is 7.84. The predicted molar refractivity (Wildman–Crippen MR) is 79.7 cm³/mol. The number of ether oxygens (including phenoxy) is 1. The van der Waals surface area contributed by atoms with Crippen LogP contribution in [-0.2, 0) is 17.3 Å². The standard InChI is InChI=1S/C15H23NO2S/c16-12-13-6-8-14(9-7-13)18-10-3-11-19(17)15-4-1-2-5-15/h6-9,15H,1-5,10-12,16H2. The molecule has 0 aliphatic heterocycles. The third-order valence-electron chi connectivity index (χ3n) is 3.59. The number of hydrogen-bond acceptors (Lipinski definition) is 3. The third-order valence-corrected chi connectivity index (χ3v) is 5.50. The van der Waals surface area contributed by atoms with Gasteiger partial charge in [-0.2, -0.15) is 0 Å². The summed E-state index contributed by atoms with van der Waals surface area (Å²) in [7, 11) is -0.655. The normalized spacial score (nSPS) is 17.5. The summed E-state index contributed by atoms with van der Waals surface area (Å²) in [5, 5.41) is 0.448. The van der Waals surface area contributed by atoms with Gasteiger partial charge in [0.2, 0.25) is 0 Å². The molecule has 1 aromatic carbocycles. The number of hydrogen-bond donors (Lipinski definition) is 1. The topological polar surface area (TPSA) is 52.3 Å². The summed E-state index contributed by atoms with van der Waals surface area (Å²) in [4.78, 5) is 0. The molecule has 19 heavy (non-hydrogen) atoms. The first kappa shape index (κ1) is 14.5. The van der Waals surface area contributed by atoms with Crippen LogP contribution >= 0.6 is 0 Å². The van der Waals surface area contributed by atoms with Gasteiger partial charge in [0.1, 0.15) is 5.75 Å². The lowest BCUT2D eigenvalue weighted by Crippen LogP contribution is -2.15. The van der Waals surface area contributed by atoms with Crippen molar-refractivity contribution in [2.75, 3.05) is 12.4 Å². The van der Waals surface area contributed by atoms with Gasteiger partial charge in [0.25, 0.3) is 0 Å². The maximum atomic E-state index is 12.0. The van der Waals surface area contributed by atoms with Crippen LogP contribution in [0.2, 0.25) is 0 Å². The van der Waals surface area contributed by atoms with Crippen molar-refractivity contribution < 1.29 is 8.95 Å². The van der Waals surface area contributed by atoms with E-state index in [1.807, 2.05) is 24.3 Å². The Bertz CT molecular complexity index is 399. The summed E-state index contributed by atoms with van der Waals surface area (Å²) < 4.78 is 17.6. The van der Waals surface area contributed by atoms with Crippen molar-refractivity contribution in [2.45, 2.75) is 43.9 Å². The molecule has 0 aromatic heterocycles. The zero-order valence-corrected chi connectivity index (χ0v) is 12.2. The van der Waals surface area contributed by atoms with Crippen LogP contribution in [0.25, 0.3) is 0 Å². The zero-order chi connectivity index (χ0) is 13.5. The van der Waals surface area contributed by atoms with E-state index in [2.05, 4.69) is 0 Å². The maximum absolute atomic E-state index is 12.0. The van der Waals surface area contributed by atoms with Gasteiger partial charge in [-0.1, -0.05) is 25.0 Å². The Morgan fingerprint density at radius 3 is 2.53 bits per heavy atom. The van der Waals surface area contributed by atoms with Crippen LogP contribution in [0, 0.1) is 0 Å². The first-order valence-corrected chi connectivity index (χ1v) is 8.47. The molecule has 1 aliphatic carbocycles. The van der Waals surface area contributed by atoms with E-state index >= 15 is 0 Å². The molecule has 1 aromatic rings. The number of rotatable bonds is 7. The molecule has 1 fully saturated rings. The first-order chi connectivity index (χ1) is 9.29. The quantitative estimate of drug-likeness (QED) is 0.782. The van der Waals surface area contributed by atoms with E-state index in [-0.39, 0.29) is 0 Å². The molecule has 0 heterocycles. The van der Waals surface area contributed by atoms with Crippen molar-refractivity contribution in [3.63, 3.8) is 0 Å². The molecule has 4 heteroatoms. The molecule has 3 nitrogen and oxygen atoms in total.